The number of ether oxygens (including phenoxy) is 1. The van der Waals surface area contributed by atoms with E-state index in [1.54, 1.807) is 18.3 Å². The Bertz CT molecular complexity index is 927. The SMILES string of the molecule is Cc1cccc(OCCCNC(=O)c2cccnc2SCc2cc(C)on2)c1. The minimum Gasteiger partial charge on any atom is -0.494 e. The van der Waals surface area contributed by atoms with Crippen LogP contribution in [-0.4, -0.2) is 29.2 Å². The highest BCUT2D eigenvalue weighted by molar-refractivity contribution is 7.98. The Hall–Kier alpha value is -2.80. The van der Waals surface area contributed by atoms with Gasteiger partial charge in [-0.2, -0.15) is 0 Å². The summed E-state index contributed by atoms with van der Waals surface area (Å²) in [6.07, 6.45) is 2.41. The molecule has 0 radical (unpaired) electrons. The maximum atomic E-state index is 12.5. The van der Waals surface area contributed by atoms with Gasteiger partial charge in [-0.05, 0) is 50.1 Å². The third-order valence-corrected chi connectivity index (χ3v) is 4.95. The summed E-state index contributed by atoms with van der Waals surface area (Å²) < 4.78 is 10.8. The van der Waals surface area contributed by atoms with E-state index in [1.807, 2.05) is 44.2 Å². The lowest BCUT2D eigenvalue weighted by Crippen LogP contribution is -2.26. The first-order valence-electron chi connectivity index (χ1n) is 9.09. The lowest BCUT2D eigenvalue weighted by molar-refractivity contribution is 0.0948. The maximum Gasteiger partial charge on any atom is 0.254 e. The molecule has 6 nitrogen and oxygen atoms in total. The normalized spacial score (nSPS) is 10.6. The zero-order chi connectivity index (χ0) is 19.8. The van der Waals surface area contributed by atoms with E-state index in [4.69, 9.17) is 9.26 Å². The largest absolute Gasteiger partial charge is 0.494 e. The van der Waals surface area contributed by atoms with Crippen molar-refractivity contribution >= 4 is 17.7 Å². The number of thioether (sulfide) groups is 1. The Morgan fingerprint density at radius 2 is 2.11 bits per heavy atom. The molecule has 3 aromatic rings. The molecule has 28 heavy (non-hydrogen) atoms. The second kappa shape index (κ2) is 9.94. The van der Waals surface area contributed by atoms with Gasteiger partial charge in [0.05, 0.1) is 17.9 Å². The number of amides is 1. The molecule has 1 amide bonds. The minimum absolute atomic E-state index is 0.137. The Balaban J connectivity index is 1.46. The molecule has 1 aromatic carbocycles. The van der Waals surface area contributed by atoms with Gasteiger partial charge in [0, 0.05) is 24.6 Å². The number of hydrogen-bond acceptors (Lipinski definition) is 6. The third kappa shape index (κ3) is 5.85. The highest BCUT2D eigenvalue weighted by atomic mass is 32.2. The first-order valence-corrected chi connectivity index (χ1v) is 10.1. The molecule has 2 heterocycles. The second-order valence-corrected chi connectivity index (χ2v) is 7.31. The lowest BCUT2D eigenvalue weighted by Gasteiger charge is -2.10. The van der Waals surface area contributed by atoms with Crippen molar-refractivity contribution in [2.24, 2.45) is 0 Å². The molecule has 2 aromatic heterocycles. The molecule has 0 saturated carbocycles. The zero-order valence-electron chi connectivity index (χ0n) is 16.0. The summed E-state index contributed by atoms with van der Waals surface area (Å²) >= 11 is 1.46. The van der Waals surface area contributed by atoms with Gasteiger partial charge in [0.1, 0.15) is 16.5 Å². The molecule has 0 aliphatic heterocycles. The summed E-state index contributed by atoms with van der Waals surface area (Å²) in [6, 6.07) is 13.3. The van der Waals surface area contributed by atoms with E-state index in [2.05, 4.69) is 15.5 Å². The number of nitrogens with zero attached hydrogens (tertiary/aromatic N) is 2. The molecule has 0 aliphatic rings. The minimum atomic E-state index is -0.137. The van der Waals surface area contributed by atoms with E-state index in [0.717, 1.165) is 29.2 Å². The highest BCUT2D eigenvalue weighted by Crippen LogP contribution is 2.24. The van der Waals surface area contributed by atoms with Crippen LogP contribution in [0.3, 0.4) is 0 Å². The summed E-state index contributed by atoms with van der Waals surface area (Å²) in [6.45, 7) is 4.96. The quantitative estimate of drug-likeness (QED) is 0.431. The van der Waals surface area contributed by atoms with Gasteiger partial charge in [0.2, 0.25) is 0 Å². The summed E-state index contributed by atoms with van der Waals surface area (Å²) in [5, 5.41) is 7.58. The molecule has 0 aliphatic carbocycles. The number of carbonyl (C=O) groups is 1. The fourth-order valence-electron chi connectivity index (χ4n) is 2.57. The van der Waals surface area contributed by atoms with Crippen molar-refractivity contribution in [1.29, 1.82) is 0 Å². The van der Waals surface area contributed by atoms with Gasteiger partial charge in [-0.15, -0.1) is 0 Å². The van der Waals surface area contributed by atoms with Gasteiger partial charge in [0.25, 0.3) is 5.91 Å². The van der Waals surface area contributed by atoms with E-state index in [0.29, 0.717) is 29.5 Å². The van der Waals surface area contributed by atoms with Crippen LogP contribution in [0.5, 0.6) is 5.75 Å². The van der Waals surface area contributed by atoms with Crippen LogP contribution in [0, 0.1) is 13.8 Å². The number of rotatable bonds is 9. The number of pyridine rings is 1. The third-order valence-electron chi connectivity index (χ3n) is 3.91. The van der Waals surface area contributed by atoms with Crippen molar-refractivity contribution in [3.05, 3.63) is 71.2 Å². The van der Waals surface area contributed by atoms with Gasteiger partial charge in [-0.1, -0.05) is 29.1 Å². The topological polar surface area (TPSA) is 77.2 Å². The van der Waals surface area contributed by atoms with E-state index in [9.17, 15) is 4.79 Å². The van der Waals surface area contributed by atoms with Crippen LogP contribution >= 0.6 is 11.8 Å². The predicted octanol–water partition coefficient (Wildman–Crippen LogP) is 4.18. The molecule has 3 rings (SSSR count). The van der Waals surface area contributed by atoms with E-state index >= 15 is 0 Å². The Morgan fingerprint density at radius 1 is 1.21 bits per heavy atom. The van der Waals surface area contributed by atoms with E-state index in [1.165, 1.54) is 11.8 Å². The fraction of sp³-hybridized carbons (Fsp3) is 0.286. The lowest BCUT2D eigenvalue weighted by atomic mass is 10.2. The van der Waals surface area contributed by atoms with Crippen LogP contribution in [0.15, 0.2) is 58.2 Å². The number of benzene rings is 1. The first-order chi connectivity index (χ1) is 13.6. The first kappa shape index (κ1) is 19.9. The molecule has 0 fully saturated rings. The monoisotopic (exact) mass is 397 g/mol. The molecular weight excluding hydrogens is 374 g/mol. The average molecular weight is 398 g/mol. The van der Waals surface area contributed by atoms with Crippen molar-refractivity contribution in [2.45, 2.75) is 31.0 Å². The predicted molar refractivity (Wildman–Crippen MR) is 109 cm³/mol. The molecule has 0 saturated heterocycles. The van der Waals surface area contributed by atoms with Crippen LogP contribution in [0.4, 0.5) is 0 Å². The standard InChI is InChI=1S/C21H23N3O3S/c1-15-6-3-7-18(12-15)26-11-5-10-22-20(25)19-8-4-9-23-21(19)28-14-17-13-16(2)27-24-17/h3-4,6-9,12-13H,5,10-11,14H2,1-2H3,(H,22,25). The van der Waals surface area contributed by atoms with Gasteiger partial charge in [-0.3, -0.25) is 4.79 Å². The van der Waals surface area contributed by atoms with Crippen LogP contribution in [0.25, 0.3) is 0 Å². The molecular formula is C21H23N3O3S. The van der Waals surface area contributed by atoms with Crippen molar-refractivity contribution in [1.82, 2.24) is 15.5 Å². The van der Waals surface area contributed by atoms with E-state index in [-0.39, 0.29) is 5.91 Å². The highest BCUT2D eigenvalue weighted by Gasteiger charge is 2.13. The summed E-state index contributed by atoms with van der Waals surface area (Å²) in [4.78, 5) is 16.9. The van der Waals surface area contributed by atoms with Gasteiger partial charge in [-0.25, -0.2) is 4.98 Å². The Kier molecular flexibility index (Phi) is 7.08. The van der Waals surface area contributed by atoms with Crippen molar-refractivity contribution in [3.63, 3.8) is 0 Å². The van der Waals surface area contributed by atoms with Crippen molar-refractivity contribution < 1.29 is 14.1 Å². The summed E-state index contributed by atoms with van der Waals surface area (Å²) in [5.74, 6) is 2.07. The molecule has 0 bridgehead atoms. The fourth-order valence-corrected chi connectivity index (χ4v) is 3.44. The van der Waals surface area contributed by atoms with Gasteiger partial charge < -0.3 is 14.6 Å². The zero-order valence-corrected chi connectivity index (χ0v) is 16.8. The number of aromatic nitrogens is 2. The number of hydrogen-bond donors (Lipinski definition) is 1. The molecule has 7 heteroatoms. The molecule has 1 N–H and O–H groups in total. The van der Waals surface area contributed by atoms with Gasteiger partial charge in [0.15, 0.2) is 0 Å². The Morgan fingerprint density at radius 3 is 2.89 bits per heavy atom. The molecule has 0 unspecified atom stereocenters. The maximum absolute atomic E-state index is 12.5. The number of carbonyl (C=O) groups excluding carboxylic acids is 1. The van der Waals surface area contributed by atoms with E-state index < -0.39 is 0 Å². The number of nitrogens with one attached hydrogen (secondary N) is 1. The average Bonchev–Trinajstić information content (AvgIpc) is 3.11. The molecule has 0 atom stereocenters. The van der Waals surface area contributed by atoms with Crippen LogP contribution in [-0.2, 0) is 5.75 Å². The Labute approximate surface area is 168 Å². The smallest absolute Gasteiger partial charge is 0.254 e. The molecule has 146 valence electrons. The van der Waals surface area contributed by atoms with Gasteiger partial charge >= 0.3 is 0 Å². The van der Waals surface area contributed by atoms with Crippen LogP contribution in [0.2, 0.25) is 0 Å². The summed E-state index contributed by atoms with van der Waals surface area (Å²) in [7, 11) is 0. The molecule has 0 spiro atoms. The second-order valence-electron chi connectivity index (χ2n) is 6.35. The van der Waals surface area contributed by atoms with Crippen molar-refractivity contribution in [3.8, 4) is 5.75 Å². The summed E-state index contributed by atoms with van der Waals surface area (Å²) in [5.41, 5.74) is 2.55. The van der Waals surface area contributed by atoms with Crippen LogP contribution < -0.4 is 10.1 Å². The van der Waals surface area contributed by atoms with Crippen LogP contribution in [0.1, 0.15) is 33.8 Å². The van der Waals surface area contributed by atoms with Crippen molar-refractivity contribution in [2.75, 3.05) is 13.2 Å². The number of aryl methyl sites for hydroxylation is 2.